The number of nitrogens with one attached hydrogen (secondary N) is 2. The van der Waals surface area contributed by atoms with Crippen LogP contribution in [0.25, 0.3) is 11.3 Å². The molecule has 100 valence electrons. The van der Waals surface area contributed by atoms with Crippen LogP contribution in [0.2, 0.25) is 0 Å². The lowest BCUT2D eigenvalue weighted by Gasteiger charge is -2.04. The average Bonchev–Trinajstić information content (AvgIpc) is 3.24. The zero-order chi connectivity index (χ0) is 14.1. The SMILES string of the molecule is CC#Cc1nnc(-c2c[nH]c(=O)[nH]c2=O)cc1C1CC1. The quantitative estimate of drug-likeness (QED) is 0.787. The van der Waals surface area contributed by atoms with Crippen molar-refractivity contribution in [2.24, 2.45) is 0 Å². The normalized spacial score (nSPS) is 13.7. The van der Waals surface area contributed by atoms with Gasteiger partial charge >= 0.3 is 5.69 Å². The highest BCUT2D eigenvalue weighted by Gasteiger charge is 2.27. The van der Waals surface area contributed by atoms with Gasteiger partial charge in [-0.05, 0) is 43.2 Å². The summed E-state index contributed by atoms with van der Waals surface area (Å²) in [6.45, 7) is 1.75. The van der Waals surface area contributed by atoms with Gasteiger partial charge in [-0.25, -0.2) is 4.79 Å². The molecule has 2 heterocycles. The summed E-state index contributed by atoms with van der Waals surface area (Å²) < 4.78 is 0. The van der Waals surface area contributed by atoms with E-state index in [2.05, 4.69) is 32.0 Å². The largest absolute Gasteiger partial charge is 0.325 e. The van der Waals surface area contributed by atoms with E-state index in [1.54, 1.807) is 6.92 Å². The second kappa shape index (κ2) is 4.78. The van der Waals surface area contributed by atoms with E-state index in [0.29, 0.717) is 22.9 Å². The molecule has 1 aliphatic rings. The van der Waals surface area contributed by atoms with Crippen LogP contribution in [0.3, 0.4) is 0 Å². The number of rotatable bonds is 2. The van der Waals surface area contributed by atoms with Gasteiger partial charge in [0.2, 0.25) is 0 Å². The molecule has 0 bridgehead atoms. The molecule has 6 heteroatoms. The fourth-order valence-electron chi connectivity index (χ4n) is 2.06. The first kappa shape index (κ1) is 12.4. The third-order valence-corrected chi connectivity index (χ3v) is 3.18. The van der Waals surface area contributed by atoms with E-state index in [-0.39, 0.29) is 0 Å². The first-order valence-corrected chi connectivity index (χ1v) is 6.32. The summed E-state index contributed by atoms with van der Waals surface area (Å²) in [5, 5.41) is 8.14. The number of hydrogen-bond acceptors (Lipinski definition) is 4. The van der Waals surface area contributed by atoms with Crippen LogP contribution in [0.1, 0.15) is 36.9 Å². The first-order valence-electron chi connectivity index (χ1n) is 6.32. The van der Waals surface area contributed by atoms with Crippen molar-refractivity contribution in [3.63, 3.8) is 0 Å². The number of aromatic amines is 2. The summed E-state index contributed by atoms with van der Waals surface area (Å²) in [6, 6.07) is 1.84. The number of hydrogen-bond donors (Lipinski definition) is 2. The second-order valence-electron chi connectivity index (χ2n) is 4.67. The van der Waals surface area contributed by atoms with Crippen molar-refractivity contribution in [1.29, 1.82) is 0 Å². The van der Waals surface area contributed by atoms with Crippen LogP contribution in [-0.4, -0.2) is 20.2 Å². The maximum Gasteiger partial charge on any atom is 0.325 e. The van der Waals surface area contributed by atoms with E-state index in [9.17, 15) is 9.59 Å². The molecule has 6 nitrogen and oxygen atoms in total. The summed E-state index contributed by atoms with van der Waals surface area (Å²) in [7, 11) is 0. The second-order valence-corrected chi connectivity index (χ2v) is 4.67. The Labute approximate surface area is 114 Å². The number of nitrogens with zero attached hydrogens (tertiary/aromatic N) is 2. The molecule has 0 aromatic carbocycles. The highest BCUT2D eigenvalue weighted by Crippen LogP contribution is 2.41. The van der Waals surface area contributed by atoms with E-state index >= 15 is 0 Å². The molecule has 2 N–H and O–H groups in total. The van der Waals surface area contributed by atoms with E-state index in [1.807, 2.05) is 6.07 Å². The average molecular weight is 268 g/mol. The Morgan fingerprint density at radius 3 is 2.75 bits per heavy atom. The fourth-order valence-corrected chi connectivity index (χ4v) is 2.06. The molecule has 2 aromatic heterocycles. The lowest BCUT2D eigenvalue weighted by molar-refractivity contribution is 0.955. The Morgan fingerprint density at radius 1 is 1.30 bits per heavy atom. The predicted molar refractivity (Wildman–Crippen MR) is 73.2 cm³/mol. The number of aromatic nitrogens is 4. The Balaban J connectivity index is 2.14. The van der Waals surface area contributed by atoms with Gasteiger partial charge in [-0.2, -0.15) is 0 Å². The zero-order valence-corrected chi connectivity index (χ0v) is 10.9. The van der Waals surface area contributed by atoms with Gasteiger partial charge in [0, 0.05) is 6.20 Å². The van der Waals surface area contributed by atoms with Crippen LogP contribution in [0, 0.1) is 11.8 Å². The van der Waals surface area contributed by atoms with Crippen molar-refractivity contribution < 1.29 is 0 Å². The van der Waals surface area contributed by atoms with Crippen LogP contribution < -0.4 is 11.2 Å². The Hall–Kier alpha value is -2.68. The minimum atomic E-state index is -0.539. The molecule has 1 aliphatic carbocycles. The molecule has 20 heavy (non-hydrogen) atoms. The molecule has 0 aliphatic heterocycles. The van der Waals surface area contributed by atoms with Crippen LogP contribution in [0.15, 0.2) is 21.9 Å². The molecule has 0 atom stereocenters. The maximum atomic E-state index is 11.8. The third-order valence-electron chi connectivity index (χ3n) is 3.18. The van der Waals surface area contributed by atoms with Crippen LogP contribution in [0.4, 0.5) is 0 Å². The monoisotopic (exact) mass is 268 g/mol. The predicted octanol–water partition coefficient (Wildman–Crippen LogP) is 0.769. The molecular weight excluding hydrogens is 256 g/mol. The lowest BCUT2D eigenvalue weighted by Crippen LogP contribution is -2.23. The van der Waals surface area contributed by atoms with Crippen LogP contribution in [-0.2, 0) is 0 Å². The lowest BCUT2D eigenvalue weighted by atomic mass is 10.1. The minimum Gasteiger partial charge on any atom is -0.313 e. The van der Waals surface area contributed by atoms with Crippen LogP contribution in [0.5, 0.6) is 0 Å². The van der Waals surface area contributed by atoms with Crippen molar-refractivity contribution in [3.05, 3.63) is 44.4 Å². The fraction of sp³-hybridized carbons (Fsp3) is 0.286. The summed E-state index contributed by atoms with van der Waals surface area (Å²) in [5.74, 6) is 6.20. The van der Waals surface area contributed by atoms with Gasteiger partial charge in [0.15, 0.2) is 0 Å². The molecule has 1 saturated carbocycles. The standard InChI is InChI=1S/C14H12N4O2/c1-2-3-11-9(8-4-5-8)6-12(18-17-11)10-7-15-14(20)16-13(10)19/h6-8H,4-5H2,1H3,(H2,15,16,19,20). The van der Waals surface area contributed by atoms with Gasteiger partial charge in [-0.3, -0.25) is 9.78 Å². The van der Waals surface area contributed by atoms with Crippen molar-refractivity contribution in [3.8, 4) is 23.1 Å². The molecule has 0 saturated heterocycles. The smallest absolute Gasteiger partial charge is 0.313 e. The highest BCUT2D eigenvalue weighted by atomic mass is 16.2. The molecule has 0 amide bonds. The van der Waals surface area contributed by atoms with Gasteiger partial charge < -0.3 is 4.98 Å². The molecule has 2 aromatic rings. The van der Waals surface area contributed by atoms with Crippen molar-refractivity contribution >= 4 is 0 Å². The maximum absolute atomic E-state index is 11.8. The summed E-state index contributed by atoms with van der Waals surface area (Å²) in [5.41, 5.74) is 1.43. The van der Waals surface area contributed by atoms with Gasteiger partial charge in [0.1, 0.15) is 11.4 Å². The number of H-pyrrole nitrogens is 2. The Morgan fingerprint density at radius 2 is 2.10 bits per heavy atom. The minimum absolute atomic E-state index is 0.301. The van der Waals surface area contributed by atoms with Crippen molar-refractivity contribution in [2.45, 2.75) is 25.7 Å². The molecule has 0 spiro atoms. The van der Waals surface area contributed by atoms with E-state index < -0.39 is 11.2 Å². The molecule has 0 radical (unpaired) electrons. The van der Waals surface area contributed by atoms with E-state index in [4.69, 9.17) is 0 Å². The molecule has 0 unspecified atom stereocenters. The Bertz CT molecular complexity index is 834. The molecular formula is C14H12N4O2. The molecule has 3 rings (SSSR count). The summed E-state index contributed by atoms with van der Waals surface area (Å²) >= 11 is 0. The Kier molecular flexibility index (Phi) is 2.95. The van der Waals surface area contributed by atoms with Gasteiger partial charge in [-0.15, -0.1) is 10.2 Å². The van der Waals surface area contributed by atoms with E-state index in [1.165, 1.54) is 6.20 Å². The van der Waals surface area contributed by atoms with Gasteiger partial charge in [-0.1, -0.05) is 5.92 Å². The van der Waals surface area contributed by atoms with Crippen LogP contribution >= 0.6 is 0 Å². The van der Waals surface area contributed by atoms with Gasteiger partial charge in [0.25, 0.3) is 5.56 Å². The zero-order valence-electron chi connectivity index (χ0n) is 10.9. The van der Waals surface area contributed by atoms with Gasteiger partial charge in [0.05, 0.1) is 5.56 Å². The topological polar surface area (TPSA) is 91.5 Å². The third kappa shape index (κ3) is 2.26. The summed E-state index contributed by atoms with van der Waals surface area (Å²) in [6.07, 6.45) is 3.56. The van der Waals surface area contributed by atoms with Crippen molar-refractivity contribution in [2.75, 3.05) is 0 Å². The van der Waals surface area contributed by atoms with E-state index in [0.717, 1.165) is 18.4 Å². The van der Waals surface area contributed by atoms with Crippen molar-refractivity contribution in [1.82, 2.24) is 20.2 Å². The highest BCUT2D eigenvalue weighted by molar-refractivity contribution is 5.58. The molecule has 1 fully saturated rings. The summed E-state index contributed by atoms with van der Waals surface area (Å²) in [4.78, 5) is 27.4. The first-order chi connectivity index (χ1) is 9.69.